The van der Waals surface area contributed by atoms with E-state index in [-0.39, 0.29) is 0 Å². The van der Waals surface area contributed by atoms with Crippen LogP contribution in [0.1, 0.15) is 0 Å². The maximum Gasteiger partial charge on any atom is 0.0973 e. The first-order chi connectivity index (χ1) is 21.8. The van der Waals surface area contributed by atoms with Crippen molar-refractivity contribution in [3.8, 4) is 33.6 Å². The van der Waals surface area contributed by atoms with Crippen molar-refractivity contribution in [3.63, 3.8) is 0 Å². The standard InChI is InChI=1S/C42H26N2/c1-3-10-29(11-4-1)41-42(30-12-5-2-6-13-30)44-39-26-32(20-24-38(39)43-41)31-18-21-34-33(25-31)19-23-37-36(34)22-17-28-16-15-27-9-7-8-14-35(27)40(28)37/h1-26H. The van der Waals surface area contributed by atoms with E-state index in [1.807, 2.05) is 24.3 Å². The van der Waals surface area contributed by atoms with Gasteiger partial charge in [0.1, 0.15) is 0 Å². The molecule has 0 N–H and O–H groups in total. The van der Waals surface area contributed by atoms with Gasteiger partial charge in [0.05, 0.1) is 22.4 Å². The molecule has 0 radical (unpaired) electrons. The summed E-state index contributed by atoms with van der Waals surface area (Å²) in [7, 11) is 0. The molecule has 0 saturated carbocycles. The molecule has 9 rings (SSSR count). The number of benzene rings is 8. The number of hydrogen-bond acceptors (Lipinski definition) is 2. The van der Waals surface area contributed by atoms with E-state index in [2.05, 4.69) is 133 Å². The third-order valence-corrected chi connectivity index (χ3v) is 8.81. The van der Waals surface area contributed by atoms with Gasteiger partial charge in [0.2, 0.25) is 0 Å². The third kappa shape index (κ3) is 3.96. The van der Waals surface area contributed by atoms with Gasteiger partial charge in [0, 0.05) is 11.1 Å². The molecular formula is C42H26N2. The Morgan fingerprint density at radius 3 is 1.66 bits per heavy atom. The van der Waals surface area contributed by atoms with Crippen LogP contribution >= 0.6 is 0 Å². The van der Waals surface area contributed by atoms with Crippen LogP contribution in [0.2, 0.25) is 0 Å². The molecule has 44 heavy (non-hydrogen) atoms. The van der Waals surface area contributed by atoms with E-state index in [4.69, 9.17) is 9.97 Å². The minimum Gasteiger partial charge on any atom is -0.244 e. The Morgan fingerprint density at radius 1 is 0.295 bits per heavy atom. The maximum atomic E-state index is 5.20. The molecular weight excluding hydrogens is 532 g/mol. The summed E-state index contributed by atoms with van der Waals surface area (Å²) in [6.07, 6.45) is 0. The average Bonchev–Trinajstić information content (AvgIpc) is 3.10. The summed E-state index contributed by atoms with van der Waals surface area (Å²) in [6.45, 7) is 0. The molecule has 8 aromatic carbocycles. The highest BCUT2D eigenvalue weighted by molar-refractivity contribution is 6.24. The van der Waals surface area contributed by atoms with E-state index in [1.54, 1.807) is 0 Å². The normalized spacial score (nSPS) is 11.6. The van der Waals surface area contributed by atoms with Crippen LogP contribution in [0.3, 0.4) is 0 Å². The fraction of sp³-hybridized carbons (Fsp3) is 0. The summed E-state index contributed by atoms with van der Waals surface area (Å²) in [5.74, 6) is 0. The van der Waals surface area contributed by atoms with Gasteiger partial charge in [0.15, 0.2) is 0 Å². The van der Waals surface area contributed by atoms with Crippen LogP contribution in [0.5, 0.6) is 0 Å². The summed E-state index contributed by atoms with van der Waals surface area (Å²) in [6, 6.07) is 56.1. The lowest BCUT2D eigenvalue weighted by Gasteiger charge is -2.13. The van der Waals surface area contributed by atoms with Crippen molar-refractivity contribution < 1.29 is 0 Å². The van der Waals surface area contributed by atoms with E-state index in [0.29, 0.717) is 0 Å². The molecule has 0 aliphatic heterocycles. The van der Waals surface area contributed by atoms with Gasteiger partial charge in [-0.3, -0.25) is 0 Å². The number of fused-ring (bicyclic) bond motifs is 8. The number of rotatable bonds is 3. The topological polar surface area (TPSA) is 25.8 Å². The third-order valence-electron chi connectivity index (χ3n) is 8.81. The number of hydrogen-bond donors (Lipinski definition) is 0. The summed E-state index contributed by atoms with van der Waals surface area (Å²) < 4.78 is 0. The van der Waals surface area contributed by atoms with Crippen molar-refractivity contribution in [1.82, 2.24) is 9.97 Å². The second kappa shape index (κ2) is 9.86. The van der Waals surface area contributed by atoms with Crippen LogP contribution in [0.25, 0.3) is 87.8 Å². The molecule has 1 heterocycles. The van der Waals surface area contributed by atoms with Crippen LogP contribution < -0.4 is 0 Å². The lowest BCUT2D eigenvalue weighted by Crippen LogP contribution is -1.95. The summed E-state index contributed by atoms with van der Waals surface area (Å²) in [5.41, 5.74) is 7.98. The fourth-order valence-corrected chi connectivity index (χ4v) is 6.66. The van der Waals surface area contributed by atoms with E-state index >= 15 is 0 Å². The molecule has 0 amide bonds. The molecule has 0 fully saturated rings. The molecule has 1 aromatic heterocycles. The predicted molar refractivity (Wildman–Crippen MR) is 186 cm³/mol. The van der Waals surface area contributed by atoms with Crippen molar-refractivity contribution in [2.75, 3.05) is 0 Å². The van der Waals surface area contributed by atoms with Gasteiger partial charge in [-0.15, -0.1) is 0 Å². The zero-order valence-electron chi connectivity index (χ0n) is 23.9. The largest absolute Gasteiger partial charge is 0.244 e. The molecule has 204 valence electrons. The Morgan fingerprint density at radius 2 is 0.864 bits per heavy atom. The maximum absolute atomic E-state index is 5.20. The zero-order chi connectivity index (χ0) is 29.0. The van der Waals surface area contributed by atoms with E-state index < -0.39 is 0 Å². The highest BCUT2D eigenvalue weighted by Crippen LogP contribution is 2.37. The van der Waals surface area contributed by atoms with Crippen LogP contribution in [0, 0.1) is 0 Å². The molecule has 2 nitrogen and oxygen atoms in total. The Balaban J connectivity index is 1.20. The molecule has 0 atom stereocenters. The molecule has 0 spiro atoms. The first kappa shape index (κ1) is 24.7. The Bertz CT molecular complexity index is 2530. The first-order valence-corrected chi connectivity index (χ1v) is 15.0. The van der Waals surface area contributed by atoms with Crippen LogP contribution in [0.4, 0.5) is 0 Å². The second-order valence-electron chi connectivity index (χ2n) is 11.4. The highest BCUT2D eigenvalue weighted by Gasteiger charge is 2.14. The lowest BCUT2D eigenvalue weighted by molar-refractivity contribution is 1.29. The summed E-state index contributed by atoms with van der Waals surface area (Å²) >= 11 is 0. The molecule has 0 aliphatic carbocycles. The van der Waals surface area contributed by atoms with Crippen molar-refractivity contribution in [1.29, 1.82) is 0 Å². The molecule has 2 heteroatoms. The van der Waals surface area contributed by atoms with Gasteiger partial charge in [-0.05, 0) is 72.4 Å². The van der Waals surface area contributed by atoms with Crippen LogP contribution in [-0.2, 0) is 0 Å². The monoisotopic (exact) mass is 558 g/mol. The van der Waals surface area contributed by atoms with Gasteiger partial charge >= 0.3 is 0 Å². The smallest absolute Gasteiger partial charge is 0.0973 e. The molecule has 0 aliphatic rings. The molecule has 0 unspecified atom stereocenters. The average molecular weight is 559 g/mol. The quantitative estimate of drug-likeness (QED) is 0.202. The van der Waals surface area contributed by atoms with E-state index in [9.17, 15) is 0 Å². The van der Waals surface area contributed by atoms with Crippen molar-refractivity contribution >= 4 is 54.1 Å². The van der Waals surface area contributed by atoms with Crippen molar-refractivity contribution in [2.45, 2.75) is 0 Å². The Kier molecular flexibility index (Phi) is 5.54. The number of nitrogens with zero attached hydrogens (tertiary/aromatic N) is 2. The van der Waals surface area contributed by atoms with E-state index in [0.717, 1.165) is 39.1 Å². The summed E-state index contributed by atoms with van der Waals surface area (Å²) in [5, 5.41) is 10.2. The van der Waals surface area contributed by atoms with Crippen molar-refractivity contribution in [3.05, 3.63) is 158 Å². The number of aromatic nitrogens is 2. The van der Waals surface area contributed by atoms with Gasteiger partial charge in [-0.25, -0.2) is 9.97 Å². The zero-order valence-corrected chi connectivity index (χ0v) is 23.9. The highest BCUT2D eigenvalue weighted by atomic mass is 14.8. The minimum atomic E-state index is 0.887. The molecule has 0 saturated heterocycles. The predicted octanol–water partition coefficient (Wildman–Crippen LogP) is 11.2. The minimum absolute atomic E-state index is 0.887. The molecule has 9 aromatic rings. The Labute approximate surface area is 254 Å². The van der Waals surface area contributed by atoms with Gasteiger partial charge in [-0.2, -0.15) is 0 Å². The SMILES string of the molecule is c1ccc(-c2nc3ccc(-c4ccc5c(ccc6c5ccc5ccc7ccccc7c56)c4)cc3nc2-c2ccccc2)cc1. The van der Waals surface area contributed by atoms with Crippen LogP contribution in [0.15, 0.2) is 158 Å². The summed E-state index contributed by atoms with van der Waals surface area (Å²) in [4.78, 5) is 10.3. The van der Waals surface area contributed by atoms with E-state index in [1.165, 1.54) is 48.7 Å². The second-order valence-corrected chi connectivity index (χ2v) is 11.4. The van der Waals surface area contributed by atoms with Gasteiger partial charge < -0.3 is 0 Å². The Hall–Kier alpha value is -5.86. The lowest BCUT2D eigenvalue weighted by atomic mass is 9.92. The van der Waals surface area contributed by atoms with Crippen molar-refractivity contribution in [2.24, 2.45) is 0 Å². The van der Waals surface area contributed by atoms with Gasteiger partial charge in [0.25, 0.3) is 0 Å². The fourth-order valence-electron chi connectivity index (χ4n) is 6.66. The first-order valence-electron chi connectivity index (χ1n) is 15.0. The molecule has 0 bridgehead atoms. The van der Waals surface area contributed by atoms with Gasteiger partial charge in [-0.1, -0.05) is 140 Å². The van der Waals surface area contributed by atoms with Crippen LogP contribution in [-0.4, -0.2) is 9.97 Å².